The number of carbonyl (C=O) groups is 1. The van der Waals surface area contributed by atoms with Crippen LogP contribution in [0.2, 0.25) is 0 Å². The SMILES string of the molecule is Cc1cc(C)c(C)c(OCCNc2nc(C)c(C(=O)[O-])s2)c1. The molecule has 1 heterocycles. The summed E-state index contributed by atoms with van der Waals surface area (Å²) in [6.45, 7) is 8.82. The number of rotatable bonds is 6. The van der Waals surface area contributed by atoms with Gasteiger partial charge in [-0.1, -0.05) is 17.4 Å². The molecule has 0 bridgehead atoms. The van der Waals surface area contributed by atoms with Gasteiger partial charge in [-0.05, 0) is 50.5 Å². The normalized spacial score (nSPS) is 10.5. The number of hydrogen-bond acceptors (Lipinski definition) is 6. The zero-order chi connectivity index (χ0) is 16.3. The number of anilines is 1. The van der Waals surface area contributed by atoms with Gasteiger partial charge in [0.15, 0.2) is 5.13 Å². The number of aromatic nitrogens is 1. The molecule has 118 valence electrons. The summed E-state index contributed by atoms with van der Waals surface area (Å²) >= 11 is 1.08. The van der Waals surface area contributed by atoms with Crippen LogP contribution in [0.5, 0.6) is 5.75 Å². The van der Waals surface area contributed by atoms with Gasteiger partial charge >= 0.3 is 0 Å². The molecule has 2 rings (SSSR count). The summed E-state index contributed by atoms with van der Waals surface area (Å²) in [5.41, 5.74) is 3.98. The Labute approximate surface area is 134 Å². The van der Waals surface area contributed by atoms with Gasteiger partial charge in [-0.2, -0.15) is 0 Å². The Morgan fingerprint density at radius 2 is 2.05 bits per heavy atom. The second-order valence-electron chi connectivity index (χ2n) is 5.20. The first-order chi connectivity index (χ1) is 10.4. The van der Waals surface area contributed by atoms with E-state index in [0.717, 1.165) is 22.6 Å². The van der Waals surface area contributed by atoms with Gasteiger partial charge in [0.25, 0.3) is 0 Å². The summed E-state index contributed by atoms with van der Waals surface area (Å²) in [7, 11) is 0. The van der Waals surface area contributed by atoms with Crippen LogP contribution >= 0.6 is 11.3 Å². The van der Waals surface area contributed by atoms with Crippen molar-refractivity contribution in [1.82, 2.24) is 4.98 Å². The topological polar surface area (TPSA) is 74.3 Å². The number of carboxylic acids is 1. The summed E-state index contributed by atoms with van der Waals surface area (Å²) in [6, 6.07) is 4.14. The monoisotopic (exact) mass is 319 g/mol. The maximum Gasteiger partial charge on any atom is 0.183 e. The number of ether oxygens (including phenoxy) is 1. The highest BCUT2D eigenvalue weighted by Crippen LogP contribution is 2.24. The molecule has 1 N–H and O–H groups in total. The summed E-state index contributed by atoms with van der Waals surface area (Å²) in [6.07, 6.45) is 0. The number of thiazole rings is 1. The molecule has 0 aliphatic rings. The molecule has 0 amide bonds. The molecular weight excluding hydrogens is 300 g/mol. The molecule has 0 radical (unpaired) electrons. The number of nitrogens with one attached hydrogen (secondary N) is 1. The summed E-state index contributed by atoms with van der Waals surface area (Å²) in [4.78, 5) is 15.2. The third-order valence-corrected chi connectivity index (χ3v) is 4.48. The van der Waals surface area contributed by atoms with E-state index in [1.165, 1.54) is 11.1 Å². The van der Waals surface area contributed by atoms with Gasteiger partial charge in [-0.3, -0.25) is 0 Å². The van der Waals surface area contributed by atoms with Crippen molar-refractivity contribution in [3.8, 4) is 5.75 Å². The first-order valence-electron chi connectivity index (χ1n) is 7.01. The molecule has 1 aromatic carbocycles. The average molecular weight is 319 g/mol. The quantitative estimate of drug-likeness (QED) is 0.827. The lowest BCUT2D eigenvalue weighted by Crippen LogP contribution is -2.21. The van der Waals surface area contributed by atoms with Crippen LogP contribution in [0, 0.1) is 27.7 Å². The maximum absolute atomic E-state index is 10.9. The summed E-state index contributed by atoms with van der Waals surface area (Å²) < 4.78 is 5.79. The Bertz CT molecular complexity index is 695. The summed E-state index contributed by atoms with van der Waals surface area (Å²) in [5, 5.41) is 14.5. The molecule has 0 unspecified atom stereocenters. The average Bonchev–Trinajstić information content (AvgIpc) is 2.81. The van der Waals surface area contributed by atoms with Gasteiger partial charge in [0.2, 0.25) is 0 Å². The zero-order valence-corrected chi connectivity index (χ0v) is 14.0. The van der Waals surface area contributed by atoms with Gasteiger partial charge in [0.05, 0.1) is 23.1 Å². The lowest BCUT2D eigenvalue weighted by Gasteiger charge is -2.12. The first kappa shape index (κ1) is 16.3. The molecule has 6 heteroatoms. The number of hydrogen-bond donors (Lipinski definition) is 1. The van der Waals surface area contributed by atoms with Crippen molar-refractivity contribution >= 4 is 22.4 Å². The van der Waals surface area contributed by atoms with E-state index in [1.54, 1.807) is 6.92 Å². The second-order valence-corrected chi connectivity index (χ2v) is 6.20. The highest BCUT2D eigenvalue weighted by atomic mass is 32.1. The number of nitrogens with zero attached hydrogens (tertiary/aromatic N) is 1. The molecule has 1 aromatic heterocycles. The van der Waals surface area contributed by atoms with Crippen molar-refractivity contribution in [1.29, 1.82) is 0 Å². The van der Waals surface area contributed by atoms with Crippen LogP contribution in [0.1, 0.15) is 32.1 Å². The molecule has 0 fully saturated rings. The minimum atomic E-state index is -1.19. The molecule has 0 saturated carbocycles. The molecule has 0 saturated heterocycles. The Kier molecular flexibility index (Phi) is 5.03. The van der Waals surface area contributed by atoms with Crippen molar-refractivity contribution in [2.45, 2.75) is 27.7 Å². The minimum absolute atomic E-state index is 0.161. The fourth-order valence-corrected chi connectivity index (χ4v) is 2.96. The lowest BCUT2D eigenvalue weighted by atomic mass is 10.1. The number of carboxylic acid groups (broad SMARTS) is 1. The van der Waals surface area contributed by atoms with Gasteiger partial charge in [-0.25, -0.2) is 4.98 Å². The number of aromatic carboxylic acids is 1. The van der Waals surface area contributed by atoms with E-state index in [1.807, 2.05) is 19.9 Å². The molecule has 0 aliphatic heterocycles. The molecule has 22 heavy (non-hydrogen) atoms. The van der Waals surface area contributed by atoms with Crippen molar-refractivity contribution in [2.24, 2.45) is 0 Å². The van der Waals surface area contributed by atoms with Crippen LogP contribution < -0.4 is 15.2 Å². The number of benzene rings is 1. The molecular formula is C16H19N2O3S-. The van der Waals surface area contributed by atoms with E-state index in [2.05, 4.69) is 23.3 Å². The fourth-order valence-electron chi connectivity index (χ4n) is 2.13. The Hall–Kier alpha value is -2.08. The van der Waals surface area contributed by atoms with E-state index in [9.17, 15) is 9.90 Å². The molecule has 0 spiro atoms. The summed E-state index contributed by atoms with van der Waals surface area (Å²) in [5.74, 6) is -0.310. The van der Waals surface area contributed by atoms with E-state index in [4.69, 9.17) is 4.74 Å². The molecule has 0 atom stereocenters. The van der Waals surface area contributed by atoms with Crippen LogP contribution in [0.4, 0.5) is 5.13 Å². The largest absolute Gasteiger partial charge is 0.544 e. The highest BCUT2D eigenvalue weighted by Gasteiger charge is 2.08. The zero-order valence-electron chi connectivity index (χ0n) is 13.1. The standard InChI is InChI=1S/C16H20N2O3S/c1-9-7-10(2)11(3)13(8-9)21-6-5-17-16-18-12(4)14(22-16)15(19)20/h7-8H,5-6H2,1-4H3,(H,17,18)(H,19,20)/p-1. The van der Waals surface area contributed by atoms with E-state index >= 15 is 0 Å². The predicted octanol–water partition coefficient (Wildman–Crippen LogP) is 2.23. The first-order valence-corrected chi connectivity index (χ1v) is 7.83. The van der Waals surface area contributed by atoms with Crippen molar-refractivity contribution in [3.05, 3.63) is 39.4 Å². The van der Waals surface area contributed by atoms with Crippen LogP contribution in [0.3, 0.4) is 0 Å². The van der Waals surface area contributed by atoms with Gasteiger partial charge < -0.3 is 20.0 Å². The Balaban J connectivity index is 1.90. The van der Waals surface area contributed by atoms with E-state index in [-0.39, 0.29) is 4.88 Å². The molecule has 2 aromatic rings. The van der Waals surface area contributed by atoms with Crippen LogP contribution in [0.15, 0.2) is 12.1 Å². The maximum atomic E-state index is 10.9. The second kappa shape index (κ2) is 6.79. The van der Waals surface area contributed by atoms with E-state index < -0.39 is 5.97 Å². The van der Waals surface area contributed by atoms with Gasteiger partial charge in [-0.15, -0.1) is 0 Å². The van der Waals surface area contributed by atoms with Gasteiger partial charge in [0.1, 0.15) is 12.4 Å². The lowest BCUT2D eigenvalue weighted by molar-refractivity contribution is -0.254. The molecule has 5 nitrogen and oxygen atoms in total. The van der Waals surface area contributed by atoms with E-state index in [0.29, 0.717) is 24.0 Å². The Morgan fingerprint density at radius 3 is 2.68 bits per heavy atom. The third-order valence-electron chi connectivity index (χ3n) is 3.38. The van der Waals surface area contributed by atoms with Crippen molar-refractivity contribution < 1.29 is 14.6 Å². The van der Waals surface area contributed by atoms with Crippen LogP contribution in [0.25, 0.3) is 0 Å². The number of aryl methyl sites for hydroxylation is 3. The highest BCUT2D eigenvalue weighted by molar-refractivity contribution is 7.17. The third kappa shape index (κ3) is 3.76. The fraction of sp³-hybridized carbons (Fsp3) is 0.375. The van der Waals surface area contributed by atoms with Crippen LogP contribution in [-0.2, 0) is 0 Å². The van der Waals surface area contributed by atoms with Gasteiger partial charge in [0, 0.05) is 0 Å². The Morgan fingerprint density at radius 1 is 1.32 bits per heavy atom. The van der Waals surface area contributed by atoms with Crippen molar-refractivity contribution in [2.75, 3.05) is 18.5 Å². The van der Waals surface area contributed by atoms with Crippen molar-refractivity contribution in [3.63, 3.8) is 0 Å². The minimum Gasteiger partial charge on any atom is -0.544 e. The smallest absolute Gasteiger partial charge is 0.183 e. The van der Waals surface area contributed by atoms with Crippen LogP contribution in [-0.4, -0.2) is 24.1 Å². The predicted molar refractivity (Wildman–Crippen MR) is 85.8 cm³/mol. The molecule has 0 aliphatic carbocycles. The number of carbonyl (C=O) groups excluding carboxylic acids is 1.